The van der Waals surface area contributed by atoms with Gasteiger partial charge in [0.25, 0.3) is 0 Å². The van der Waals surface area contributed by atoms with E-state index in [0.29, 0.717) is 17.3 Å². The number of ether oxygens (including phenoxy) is 1. The third kappa shape index (κ3) is 5.37. The fourth-order valence-corrected chi connectivity index (χ4v) is 4.16. The maximum Gasteiger partial charge on any atom is 0.246 e. The number of nitrogens with zero attached hydrogens (tertiary/aromatic N) is 2. The first-order valence-corrected chi connectivity index (χ1v) is 10.5. The van der Waals surface area contributed by atoms with Gasteiger partial charge in [0.2, 0.25) is 15.9 Å². The quantitative estimate of drug-likeness (QED) is 0.703. The molecule has 0 aromatic heterocycles. The third-order valence-electron chi connectivity index (χ3n) is 4.08. The van der Waals surface area contributed by atoms with Crippen LogP contribution in [-0.4, -0.2) is 45.7 Å². The van der Waals surface area contributed by atoms with Crippen molar-refractivity contribution in [3.05, 3.63) is 59.1 Å². The Hall–Kier alpha value is -2.25. The minimum Gasteiger partial charge on any atom is -0.497 e. The van der Waals surface area contributed by atoms with E-state index in [9.17, 15) is 13.2 Å². The van der Waals surface area contributed by atoms with Gasteiger partial charge in [-0.25, -0.2) is 8.42 Å². The van der Waals surface area contributed by atoms with Gasteiger partial charge in [0.05, 0.1) is 19.1 Å². The molecule has 0 aliphatic heterocycles. The van der Waals surface area contributed by atoms with E-state index in [4.69, 9.17) is 16.3 Å². The zero-order chi connectivity index (χ0) is 20.2. The van der Waals surface area contributed by atoms with Gasteiger partial charge in [0.15, 0.2) is 0 Å². The lowest BCUT2D eigenvalue weighted by atomic mass is 10.2. The molecule has 1 amide bonds. The number of halogens is 1. The summed E-state index contributed by atoms with van der Waals surface area (Å²) < 4.78 is 30.9. The van der Waals surface area contributed by atoms with E-state index in [1.165, 1.54) is 11.0 Å². The molecule has 1 atom stereocenters. The van der Waals surface area contributed by atoms with Crippen molar-refractivity contribution in [1.82, 2.24) is 4.90 Å². The Morgan fingerprint density at radius 2 is 1.81 bits per heavy atom. The summed E-state index contributed by atoms with van der Waals surface area (Å²) in [6.07, 6.45) is 1.07. The van der Waals surface area contributed by atoms with Crippen LogP contribution in [0.5, 0.6) is 5.75 Å². The lowest BCUT2D eigenvalue weighted by Crippen LogP contribution is -2.48. The number of anilines is 1. The number of rotatable bonds is 7. The predicted molar refractivity (Wildman–Crippen MR) is 108 cm³/mol. The second kappa shape index (κ2) is 8.63. The summed E-state index contributed by atoms with van der Waals surface area (Å²) >= 11 is 5.99. The van der Waals surface area contributed by atoms with E-state index >= 15 is 0 Å². The number of benzene rings is 2. The normalized spacial score (nSPS) is 12.3. The summed E-state index contributed by atoms with van der Waals surface area (Å²) in [6, 6.07) is 12.9. The molecule has 2 aromatic rings. The third-order valence-corrected chi connectivity index (χ3v) is 5.56. The van der Waals surface area contributed by atoms with E-state index in [2.05, 4.69) is 0 Å². The fourth-order valence-electron chi connectivity index (χ4n) is 2.82. The number of likely N-dealkylation sites (N-methyl/N-ethyl adjacent to an activating group) is 1. The molecule has 8 heteroatoms. The summed E-state index contributed by atoms with van der Waals surface area (Å²) in [6.45, 7) is 1.91. The van der Waals surface area contributed by atoms with Crippen molar-refractivity contribution >= 4 is 33.2 Å². The molecule has 0 bridgehead atoms. The van der Waals surface area contributed by atoms with E-state index in [-0.39, 0.29) is 5.91 Å². The molecule has 0 spiro atoms. The largest absolute Gasteiger partial charge is 0.497 e. The molecule has 0 fully saturated rings. The SMILES string of the molecule is COc1ccc(CN(C)C(=O)C(C)N(c2cccc(Cl)c2)S(C)(=O)=O)cc1. The minimum absolute atomic E-state index is 0.323. The second-order valence-corrected chi connectivity index (χ2v) is 8.55. The highest BCUT2D eigenvalue weighted by atomic mass is 35.5. The molecular formula is C19H23ClN2O4S. The average molecular weight is 411 g/mol. The number of sulfonamides is 1. The molecule has 0 radical (unpaired) electrons. The van der Waals surface area contributed by atoms with Crippen LogP contribution in [0.2, 0.25) is 5.02 Å². The molecule has 0 saturated heterocycles. The molecule has 0 saturated carbocycles. The van der Waals surface area contributed by atoms with Crippen LogP contribution in [0.4, 0.5) is 5.69 Å². The molecule has 0 heterocycles. The van der Waals surface area contributed by atoms with E-state index < -0.39 is 16.1 Å². The molecule has 1 unspecified atom stereocenters. The number of amides is 1. The Kier molecular flexibility index (Phi) is 6.73. The fraction of sp³-hybridized carbons (Fsp3) is 0.316. The van der Waals surface area contributed by atoms with Gasteiger partial charge in [0.1, 0.15) is 11.8 Å². The summed E-state index contributed by atoms with van der Waals surface area (Å²) in [7, 11) is -0.458. The van der Waals surface area contributed by atoms with Crippen LogP contribution >= 0.6 is 11.6 Å². The van der Waals surface area contributed by atoms with E-state index in [1.54, 1.807) is 39.3 Å². The maximum absolute atomic E-state index is 12.9. The van der Waals surface area contributed by atoms with Crippen LogP contribution in [0, 0.1) is 0 Å². The smallest absolute Gasteiger partial charge is 0.246 e. The van der Waals surface area contributed by atoms with Crippen molar-refractivity contribution in [1.29, 1.82) is 0 Å². The summed E-state index contributed by atoms with van der Waals surface area (Å²) in [5.74, 6) is 0.404. The van der Waals surface area contributed by atoms with Crippen LogP contribution in [0.1, 0.15) is 12.5 Å². The Morgan fingerprint density at radius 1 is 1.19 bits per heavy atom. The van der Waals surface area contributed by atoms with Gasteiger partial charge in [0, 0.05) is 18.6 Å². The topological polar surface area (TPSA) is 66.9 Å². The van der Waals surface area contributed by atoms with Crippen LogP contribution < -0.4 is 9.04 Å². The highest BCUT2D eigenvalue weighted by Gasteiger charge is 2.31. The molecule has 0 aliphatic rings. The number of methoxy groups -OCH3 is 1. The number of hydrogen-bond acceptors (Lipinski definition) is 4. The standard InChI is InChI=1S/C19H23ClN2O4S/c1-14(22(27(4,24)25)17-7-5-6-16(20)12-17)19(23)21(2)13-15-8-10-18(26-3)11-9-15/h5-12,14H,13H2,1-4H3. The molecule has 0 N–H and O–H groups in total. The molecule has 0 aliphatic carbocycles. The van der Waals surface area contributed by atoms with Gasteiger partial charge >= 0.3 is 0 Å². The summed E-state index contributed by atoms with van der Waals surface area (Å²) in [5.41, 5.74) is 1.26. The Morgan fingerprint density at radius 3 is 2.33 bits per heavy atom. The van der Waals surface area contributed by atoms with Crippen LogP contribution in [0.3, 0.4) is 0 Å². The average Bonchev–Trinajstić information content (AvgIpc) is 2.60. The van der Waals surface area contributed by atoms with Crippen molar-refractivity contribution in [3.8, 4) is 5.75 Å². The van der Waals surface area contributed by atoms with Crippen molar-refractivity contribution in [2.75, 3.05) is 24.7 Å². The molecule has 2 aromatic carbocycles. The van der Waals surface area contributed by atoms with Crippen LogP contribution in [0.15, 0.2) is 48.5 Å². The first-order chi connectivity index (χ1) is 12.6. The summed E-state index contributed by atoms with van der Waals surface area (Å²) in [5, 5.41) is 0.396. The predicted octanol–water partition coefficient (Wildman–Crippen LogP) is 3.16. The first kappa shape index (κ1) is 21.1. The molecule has 2 rings (SSSR count). The van der Waals surface area contributed by atoms with Gasteiger partial charge in [-0.15, -0.1) is 0 Å². The highest BCUT2D eigenvalue weighted by molar-refractivity contribution is 7.92. The van der Waals surface area contributed by atoms with Crippen molar-refractivity contribution in [2.45, 2.75) is 19.5 Å². The molecular weight excluding hydrogens is 388 g/mol. The van der Waals surface area contributed by atoms with Crippen molar-refractivity contribution in [2.24, 2.45) is 0 Å². The van der Waals surface area contributed by atoms with E-state index in [0.717, 1.165) is 21.9 Å². The summed E-state index contributed by atoms with van der Waals surface area (Å²) in [4.78, 5) is 14.4. The maximum atomic E-state index is 12.9. The van der Waals surface area contributed by atoms with Gasteiger partial charge in [-0.3, -0.25) is 9.10 Å². The molecule has 146 valence electrons. The Labute approximate surface area is 165 Å². The van der Waals surface area contributed by atoms with Crippen LogP contribution in [0.25, 0.3) is 0 Å². The first-order valence-electron chi connectivity index (χ1n) is 8.26. The minimum atomic E-state index is -3.68. The monoisotopic (exact) mass is 410 g/mol. The van der Waals surface area contributed by atoms with Crippen molar-refractivity contribution < 1.29 is 17.9 Å². The zero-order valence-electron chi connectivity index (χ0n) is 15.7. The molecule has 6 nitrogen and oxygen atoms in total. The lowest BCUT2D eigenvalue weighted by Gasteiger charge is -2.31. The Bertz CT molecular complexity index is 900. The van der Waals surface area contributed by atoms with Gasteiger partial charge < -0.3 is 9.64 Å². The second-order valence-electron chi connectivity index (χ2n) is 6.26. The van der Waals surface area contributed by atoms with E-state index in [1.807, 2.05) is 24.3 Å². The zero-order valence-corrected chi connectivity index (χ0v) is 17.3. The molecule has 27 heavy (non-hydrogen) atoms. The van der Waals surface area contributed by atoms with Crippen LogP contribution in [-0.2, 0) is 21.4 Å². The van der Waals surface area contributed by atoms with Gasteiger partial charge in [-0.05, 0) is 42.8 Å². The lowest BCUT2D eigenvalue weighted by molar-refractivity contribution is -0.131. The Balaban J connectivity index is 2.23. The van der Waals surface area contributed by atoms with Crippen molar-refractivity contribution in [3.63, 3.8) is 0 Å². The highest BCUT2D eigenvalue weighted by Crippen LogP contribution is 2.25. The van der Waals surface area contributed by atoms with Gasteiger partial charge in [-0.2, -0.15) is 0 Å². The number of carbonyl (C=O) groups is 1. The number of carbonyl (C=O) groups excluding carboxylic acids is 1. The number of hydrogen-bond donors (Lipinski definition) is 0. The van der Waals surface area contributed by atoms with Gasteiger partial charge in [-0.1, -0.05) is 29.8 Å².